The fraction of sp³-hybridized carbons (Fsp3) is 0.619. The molecule has 4 aliphatic carbocycles. The lowest BCUT2D eigenvalue weighted by molar-refractivity contribution is -0.145. The maximum absolute atomic E-state index is 13.6. The van der Waals surface area contributed by atoms with E-state index in [2.05, 4.69) is 5.10 Å². The number of hydrazone groups is 1. The third kappa shape index (κ3) is 1.86. The van der Waals surface area contributed by atoms with E-state index in [9.17, 15) is 9.18 Å². The fourth-order valence-electron chi connectivity index (χ4n) is 7.26. The van der Waals surface area contributed by atoms with E-state index in [1.807, 2.05) is 19.1 Å². The summed E-state index contributed by atoms with van der Waals surface area (Å²) in [7, 11) is 1.76. The number of likely N-dealkylation sites (N-methyl/N-ethyl adjacent to an activating group) is 1. The second kappa shape index (κ2) is 4.93. The number of carbonyl (C=O) groups is 1. The maximum atomic E-state index is 13.6. The number of carbonyl (C=O) groups excluding carboxylic acids is 1. The lowest BCUT2D eigenvalue weighted by atomic mass is 9.40. The standard InChI is InChI=1S/C21H25FN2O/c1-13-21(19(25)24(2)23-13,17-3-5-18(22)6-4-17)20-10-14-7-15(11-20)9-16(8-14)12-20/h3-6,14-16H,7-12H2,1-2H3. The van der Waals surface area contributed by atoms with Gasteiger partial charge < -0.3 is 0 Å². The van der Waals surface area contributed by atoms with Crippen molar-refractivity contribution in [3.63, 3.8) is 0 Å². The summed E-state index contributed by atoms with van der Waals surface area (Å²) < 4.78 is 13.6. The first-order chi connectivity index (χ1) is 11.9. The molecule has 0 spiro atoms. The normalized spacial score (nSPS) is 42.2. The summed E-state index contributed by atoms with van der Waals surface area (Å²) in [4.78, 5) is 13.6. The quantitative estimate of drug-likeness (QED) is 0.797. The van der Waals surface area contributed by atoms with Crippen molar-refractivity contribution in [2.75, 3.05) is 7.05 Å². The predicted molar refractivity (Wildman–Crippen MR) is 94.6 cm³/mol. The van der Waals surface area contributed by atoms with Gasteiger partial charge in [-0.1, -0.05) is 12.1 Å². The third-order valence-corrected chi connectivity index (χ3v) is 7.57. The highest BCUT2D eigenvalue weighted by molar-refractivity contribution is 6.17. The summed E-state index contributed by atoms with van der Waals surface area (Å²) in [5.41, 5.74) is 1.08. The van der Waals surface area contributed by atoms with Crippen LogP contribution in [0, 0.1) is 29.0 Å². The summed E-state index contributed by atoms with van der Waals surface area (Å²) in [6.07, 6.45) is 7.34. The molecule has 4 fully saturated rings. The zero-order valence-electron chi connectivity index (χ0n) is 15.0. The maximum Gasteiger partial charge on any atom is 0.259 e. The van der Waals surface area contributed by atoms with Crippen molar-refractivity contribution in [2.45, 2.75) is 50.9 Å². The van der Waals surface area contributed by atoms with Crippen LogP contribution in [-0.2, 0) is 10.2 Å². The van der Waals surface area contributed by atoms with Gasteiger partial charge in [-0.2, -0.15) is 5.10 Å². The molecule has 1 aromatic carbocycles. The highest BCUT2D eigenvalue weighted by Gasteiger charge is 2.67. The van der Waals surface area contributed by atoms with Crippen LogP contribution in [0.1, 0.15) is 51.0 Å². The first kappa shape index (κ1) is 15.5. The molecule has 1 aliphatic heterocycles. The summed E-state index contributed by atoms with van der Waals surface area (Å²) in [5, 5.41) is 6.11. The minimum absolute atomic E-state index is 0.0466. The van der Waals surface area contributed by atoms with E-state index < -0.39 is 5.41 Å². The lowest BCUT2D eigenvalue weighted by Gasteiger charge is -2.62. The van der Waals surface area contributed by atoms with E-state index in [0.717, 1.165) is 48.3 Å². The molecule has 5 aliphatic rings. The average Bonchev–Trinajstić information content (AvgIpc) is 2.78. The first-order valence-corrected chi connectivity index (χ1v) is 9.54. The second-order valence-corrected chi connectivity index (χ2v) is 8.97. The van der Waals surface area contributed by atoms with Gasteiger partial charge in [0.1, 0.15) is 11.2 Å². The van der Waals surface area contributed by atoms with Crippen molar-refractivity contribution in [2.24, 2.45) is 28.3 Å². The number of hydrogen-bond acceptors (Lipinski definition) is 2. The van der Waals surface area contributed by atoms with E-state index in [1.165, 1.54) is 36.4 Å². The molecule has 1 amide bonds. The van der Waals surface area contributed by atoms with Crippen molar-refractivity contribution < 1.29 is 9.18 Å². The molecule has 1 atom stereocenters. The smallest absolute Gasteiger partial charge is 0.259 e. The molecule has 132 valence electrons. The van der Waals surface area contributed by atoms with Crippen LogP contribution in [0.4, 0.5) is 4.39 Å². The topological polar surface area (TPSA) is 32.7 Å². The fourth-order valence-corrected chi connectivity index (χ4v) is 7.26. The van der Waals surface area contributed by atoms with Gasteiger partial charge in [0.2, 0.25) is 0 Å². The zero-order chi connectivity index (χ0) is 17.4. The van der Waals surface area contributed by atoms with Gasteiger partial charge in [-0.05, 0) is 86.3 Å². The molecular weight excluding hydrogens is 315 g/mol. The van der Waals surface area contributed by atoms with Crippen molar-refractivity contribution in [1.29, 1.82) is 0 Å². The van der Waals surface area contributed by atoms with E-state index in [4.69, 9.17) is 0 Å². The second-order valence-electron chi connectivity index (χ2n) is 8.97. The number of nitrogens with zero attached hydrogens (tertiary/aromatic N) is 2. The van der Waals surface area contributed by atoms with Gasteiger partial charge >= 0.3 is 0 Å². The Morgan fingerprint density at radius 1 is 1.04 bits per heavy atom. The molecule has 1 aromatic rings. The van der Waals surface area contributed by atoms with Gasteiger partial charge in [-0.25, -0.2) is 9.40 Å². The average molecular weight is 340 g/mol. The van der Waals surface area contributed by atoms with Gasteiger partial charge in [-0.3, -0.25) is 4.79 Å². The van der Waals surface area contributed by atoms with E-state index in [1.54, 1.807) is 7.05 Å². The van der Waals surface area contributed by atoms with Crippen molar-refractivity contribution in [3.05, 3.63) is 35.6 Å². The Bertz CT molecular complexity index is 733. The minimum Gasteiger partial charge on any atom is -0.271 e. The van der Waals surface area contributed by atoms with E-state index >= 15 is 0 Å². The predicted octanol–water partition coefficient (Wildman–Crippen LogP) is 4.13. The molecule has 1 heterocycles. The van der Waals surface area contributed by atoms with Gasteiger partial charge in [0, 0.05) is 7.05 Å². The molecule has 4 bridgehead atoms. The SMILES string of the molecule is CC1=NN(C)C(=O)C1(c1ccc(F)cc1)C12CC3CC(CC(C3)C1)C2. The van der Waals surface area contributed by atoms with Crippen LogP contribution in [0.3, 0.4) is 0 Å². The molecule has 1 unspecified atom stereocenters. The Labute approximate surface area is 148 Å². The van der Waals surface area contributed by atoms with Crippen LogP contribution in [0.5, 0.6) is 0 Å². The van der Waals surface area contributed by atoms with Crippen LogP contribution >= 0.6 is 0 Å². The lowest BCUT2D eigenvalue weighted by Crippen LogP contribution is -2.62. The number of benzene rings is 1. The van der Waals surface area contributed by atoms with E-state index in [-0.39, 0.29) is 17.1 Å². The molecule has 4 saturated carbocycles. The highest BCUT2D eigenvalue weighted by atomic mass is 19.1. The van der Waals surface area contributed by atoms with Gasteiger partial charge in [0.15, 0.2) is 0 Å². The summed E-state index contributed by atoms with van der Waals surface area (Å²) in [5.74, 6) is 2.07. The Balaban J connectivity index is 1.73. The molecule has 0 N–H and O–H groups in total. The molecule has 25 heavy (non-hydrogen) atoms. The first-order valence-electron chi connectivity index (χ1n) is 9.54. The highest BCUT2D eigenvalue weighted by Crippen LogP contribution is 2.67. The number of amides is 1. The summed E-state index contributed by atoms with van der Waals surface area (Å²) >= 11 is 0. The molecule has 0 aromatic heterocycles. The van der Waals surface area contributed by atoms with Crippen molar-refractivity contribution in [3.8, 4) is 0 Å². The van der Waals surface area contributed by atoms with Crippen molar-refractivity contribution >= 4 is 11.6 Å². The van der Waals surface area contributed by atoms with Gasteiger partial charge in [0.05, 0.1) is 5.71 Å². The monoisotopic (exact) mass is 340 g/mol. The molecule has 4 heteroatoms. The summed E-state index contributed by atoms with van der Waals surface area (Å²) in [6.45, 7) is 2.00. The van der Waals surface area contributed by atoms with Crippen LogP contribution < -0.4 is 0 Å². The van der Waals surface area contributed by atoms with E-state index in [0.29, 0.717) is 0 Å². The Morgan fingerprint density at radius 3 is 2.00 bits per heavy atom. The zero-order valence-corrected chi connectivity index (χ0v) is 15.0. The van der Waals surface area contributed by atoms with Crippen molar-refractivity contribution in [1.82, 2.24) is 5.01 Å². The summed E-state index contributed by atoms with van der Waals surface area (Å²) in [6, 6.07) is 6.64. The Hall–Kier alpha value is -1.71. The Morgan fingerprint density at radius 2 is 1.56 bits per heavy atom. The third-order valence-electron chi connectivity index (χ3n) is 7.57. The van der Waals surface area contributed by atoms with Gasteiger partial charge in [0.25, 0.3) is 5.91 Å². The largest absolute Gasteiger partial charge is 0.271 e. The molecule has 0 saturated heterocycles. The number of rotatable bonds is 2. The minimum atomic E-state index is -0.703. The van der Waals surface area contributed by atoms with Gasteiger partial charge in [-0.15, -0.1) is 0 Å². The molecule has 3 nitrogen and oxygen atoms in total. The van der Waals surface area contributed by atoms with Crippen LogP contribution in [0.25, 0.3) is 0 Å². The molecule has 6 rings (SSSR count). The Kier molecular flexibility index (Phi) is 3.06. The van der Waals surface area contributed by atoms with Crippen LogP contribution in [0.15, 0.2) is 29.4 Å². The van der Waals surface area contributed by atoms with Crippen LogP contribution in [-0.4, -0.2) is 23.7 Å². The molecule has 0 radical (unpaired) electrons. The number of halogens is 1. The number of hydrogen-bond donors (Lipinski definition) is 0. The molecular formula is C21H25FN2O. The van der Waals surface area contributed by atoms with Crippen LogP contribution in [0.2, 0.25) is 0 Å².